The van der Waals surface area contributed by atoms with Crippen LogP contribution >= 0.6 is 11.3 Å². The van der Waals surface area contributed by atoms with Crippen LogP contribution in [0.5, 0.6) is 0 Å². The van der Waals surface area contributed by atoms with Crippen LogP contribution in [0, 0.1) is 0 Å². The van der Waals surface area contributed by atoms with Crippen molar-refractivity contribution in [3.63, 3.8) is 0 Å². The maximum atomic E-state index is 13.3. The summed E-state index contributed by atoms with van der Waals surface area (Å²) in [6.07, 6.45) is 4.15. The standard InChI is InChI=1S/C21H22N4O2S/c26-19-11-17(15-5-2-1-3-6-15)24(21(27)20-7-4-10-28-20)13-18(19)25-12-16(22-23-25)14-8-9-14/h1-7,10,12,14,17-19,26H,8-9,11,13H2/t17-,18+,19+/m1/s1. The molecule has 6 nitrogen and oxygen atoms in total. The molecule has 1 aliphatic carbocycles. The molecule has 2 aliphatic rings. The van der Waals surface area contributed by atoms with Crippen LogP contribution in [-0.4, -0.2) is 43.6 Å². The van der Waals surface area contributed by atoms with Crippen LogP contribution in [0.15, 0.2) is 54.0 Å². The van der Waals surface area contributed by atoms with E-state index >= 15 is 0 Å². The van der Waals surface area contributed by atoms with Crippen molar-refractivity contribution in [1.29, 1.82) is 0 Å². The Bertz CT molecular complexity index is 952. The number of aliphatic hydroxyl groups excluding tert-OH is 1. The van der Waals surface area contributed by atoms with Gasteiger partial charge in [-0.3, -0.25) is 4.79 Å². The van der Waals surface area contributed by atoms with Crippen LogP contribution in [0.1, 0.15) is 58.2 Å². The van der Waals surface area contributed by atoms with Crippen molar-refractivity contribution in [3.05, 3.63) is 70.2 Å². The molecule has 5 rings (SSSR count). The van der Waals surface area contributed by atoms with Gasteiger partial charge in [-0.25, -0.2) is 4.68 Å². The highest BCUT2D eigenvalue weighted by Crippen LogP contribution is 2.40. The van der Waals surface area contributed by atoms with Crippen LogP contribution in [0.3, 0.4) is 0 Å². The molecule has 1 aliphatic heterocycles. The lowest BCUT2D eigenvalue weighted by atomic mass is 9.90. The van der Waals surface area contributed by atoms with Gasteiger partial charge in [-0.1, -0.05) is 41.6 Å². The number of carbonyl (C=O) groups is 1. The van der Waals surface area contributed by atoms with Crippen molar-refractivity contribution < 1.29 is 9.90 Å². The van der Waals surface area contributed by atoms with Gasteiger partial charge in [0.25, 0.3) is 5.91 Å². The summed E-state index contributed by atoms with van der Waals surface area (Å²) in [7, 11) is 0. The number of carbonyl (C=O) groups excluding carboxylic acids is 1. The summed E-state index contributed by atoms with van der Waals surface area (Å²) in [5, 5.41) is 21.4. The Kier molecular flexibility index (Phi) is 4.49. The predicted molar refractivity (Wildman–Crippen MR) is 106 cm³/mol. The van der Waals surface area contributed by atoms with Gasteiger partial charge in [0.15, 0.2) is 0 Å². The van der Waals surface area contributed by atoms with Crippen molar-refractivity contribution in [2.24, 2.45) is 0 Å². The molecule has 0 bridgehead atoms. The van der Waals surface area contributed by atoms with Gasteiger partial charge in [0.05, 0.1) is 28.8 Å². The lowest BCUT2D eigenvalue weighted by molar-refractivity contribution is -0.00165. The van der Waals surface area contributed by atoms with E-state index in [-0.39, 0.29) is 18.0 Å². The van der Waals surface area contributed by atoms with Crippen LogP contribution in [0.4, 0.5) is 0 Å². The fraction of sp³-hybridized carbons (Fsp3) is 0.381. The number of hydrogen-bond acceptors (Lipinski definition) is 5. The second-order valence-electron chi connectivity index (χ2n) is 7.63. The molecule has 2 aromatic heterocycles. The molecule has 3 aromatic rings. The molecule has 28 heavy (non-hydrogen) atoms. The first-order chi connectivity index (χ1) is 13.7. The smallest absolute Gasteiger partial charge is 0.264 e. The summed E-state index contributed by atoms with van der Waals surface area (Å²) >= 11 is 1.45. The summed E-state index contributed by atoms with van der Waals surface area (Å²) in [5.41, 5.74) is 2.04. The lowest BCUT2D eigenvalue weighted by Crippen LogP contribution is -2.48. The predicted octanol–water partition coefficient (Wildman–Crippen LogP) is 3.41. The van der Waals surface area contributed by atoms with Gasteiger partial charge in [0.2, 0.25) is 0 Å². The summed E-state index contributed by atoms with van der Waals surface area (Å²) in [5.74, 6) is 0.513. The normalized spacial score (nSPS) is 25.0. The molecule has 2 fully saturated rings. The first-order valence-corrected chi connectivity index (χ1v) is 10.6. The molecule has 1 saturated heterocycles. The largest absolute Gasteiger partial charge is 0.391 e. The number of hydrogen-bond donors (Lipinski definition) is 1. The number of aliphatic hydroxyl groups is 1. The molecular weight excluding hydrogens is 372 g/mol. The van der Waals surface area contributed by atoms with E-state index in [9.17, 15) is 9.90 Å². The quantitative estimate of drug-likeness (QED) is 0.736. The molecule has 1 amide bonds. The SMILES string of the molecule is O=C(c1cccs1)N1C[C@H](n2cc(C3CC3)nn2)[C@@H](O)C[C@@H]1c1ccccc1. The van der Waals surface area contributed by atoms with Gasteiger partial charge < -0.3 is 10.0 Å². The zero-order valence-electron chi connectivity index (χ0n) is 15.4. The minimum atomic E-state index is -0.591. The molecule has 1 aromatic carbocycles. The van der Waals surface area contributed by atoms with E-state index in [0.717, 1.165) is 24.1 Å². The van der Waals surface area contributed by atoms with Crippen LogP contribution in [0.2, 0.25) is 0 Å². The highest BCUT2D eigenvalue weighted by atomic mass is 32.1. The summed E-state index contributed by atoms with van der Waals surface area (Å²) in [4.78, 5) is 15.9. The van der Waals surface area contributed by atoms with Gasteiger partial charge in [-0.2, -0.15) is 0 Å². The third-order valence-corrected chi connectivity index (χ3v) is 6.57. The van der Waals surface area contributed by atoms with Crippen molar-refractivity contribution >= 4 is 17.2 Å². The van der Waals surface area contributed by atoms with Crippen molar-refractivity contribution in [3.8, 4) is 0 Å². The number of benzene rings is 1. The van der Waals surface area contributed by atoms with Gasteiger partial charge >= 0.3 is 0 Å². The Morgan fingerprint density at radius 1 is 1.14 bits per heavy atom. The van der Waals surface area contributed by atoms with E-state index in [1.165, 1.54) is 11.3 Å². The summed E-state index contributed by atoms with van der Waals surface area (Å²) < 4.78 is 1.76. The number of rotatable bonds is 4. The van der Waals surface area contributed by atoms with E-state index in [2.05, 4.69) is 10.3 Å². The molecule has 144 valence electrons. The van der Waals surface area contributed by atoms with E-state index in [1.807, 2.05) is 58.9 Å². The van der Waals surface area contributed by atoms with Crippen molar-refractivity contribution in [1.82, 2.24) is 19.9 Å². The number of thiophene rings is 1. The number of amides is 1. The number of likely N-dealkylation sites (tertiary alicyclic amines) is 1. The average Bonchev–Trinajstić information content (AvgIpc) is 3.22. The fourth-order valence-corrected chi connectivity index (χ4v) is 4.68. The van der Waals surface area contributed by atoms with Gasteiger partial charge in [-0.15, -0.1) is 16.4 Å². The highest BCUT2D eigenvalue weighted by molar-refractivity contribution is 7.12. The molecule has 3 heterocycles. The zero-order chi connectivity index (χ0) is 19.1. The molecule has 1 N–H and O–H groups in total. The monoisotopic (exact) mass is 394 g/mol. The third-order valence-electron chi connectivity index (χ3n) is 5.71. The van der Waals surface area contributed by atoms with E-state index in [1.54, 1.807) is 4.68 Å². The Balaban J connectivity index is 1.47. The average molecular weight is 395 g/mol. The molecular formula is C21H22N4O2S. The summed E-state index contributed by atoms with van der Waals surface area (Å²) in [6.45, 7) is 0.408. The Hall–Kier alpha value is -2.51. The minimum absolute atomic E-state index is 0.00304. The zero-order valence-corrected chi connectivity index (χ0v) is 16.2. The molecule has 3 atom stereocenters. The topological polar surface area (TPSA) is 71.2 Å². The van der Waals surface area contributed by atoms with Gasteiger partial charge in [0, 0.05) is 25.1 Å². The maximum Gasteiger partial charge on any atom is 0.264 e. The number of piperidine rings is 1. The number of aromatic nitrogens is 3. The highest BCUT2D eigenvalue weighted by Gasteiger charge is 2.40. The Labute approximate surface area is 167 Å². The van der Waals surface area contributed by atoms with Crippen molar-refractivity contribution in [2.45, 2.75) is 43.4 Å². The molecule has 7 heteroatoms. The first kappa shape index (κ1) is 17.6. The van der Waals surface area contributed by atoms with E-state index < -0.39 is 6.10 Å². The second-order valence-corrected chi connectivity index (χ2v) is 8.58. The first-order valence-electron chi connectivity index (χ1n) is 9.70. The fourth-order valence-electron chi connectivity index (χ4n) is 4.00. The van der Waals surface area contributed by atoms with Crippen LogP contribution in [0.25, 0.3) is 0 Å². The summed E-state index contributed by atoms with van der Waals surface area (Å²) in [6, 6.07) is 13.3. The third kappa shape index (κ3) is 3.25. The Morgan fingerprint density at radius 3 is 2.68 bits per heavy atom. The van der Waals surface area contributed by atoms with Gasteiger partial charge in [-0.05, 0) is 29.9 Å². The van der Waals surface area contributed by atoms with E-state index in [0.29, 0.717) is 23.8 Å². The van der Waals surface area contributed by atoms with Gasteiger partial charge in [0.1, 0.15) is 0 Å². The molecule has 1 saturated carbocycles. The lowest BCUT2D eigenvalue weighted by Gasteiger charge is -2.42. The molecule has 0 unspecified atom stereocenters. The van der Waals surface area contributed by atoms with Crippen LogP contribution < -0.4 is 0 Å². The van der Waals surface area contributed by atoms with Crippen LogP contribution in [-0.2, 0) is 0 Å². The van der Waals surface area contributed by atoms with Crippen molar-refractivity contribution in [2.75, 3.05) is 6.54 Å². The second kappa shape index (κ2) is 7.14. The maximum absolute atomic E-state index is 13.3. The van der Waals surface area contributed by atoms with E-state index in [4.69, 9.17) is 0 Å². The number of nitrogens with zero attached hydrogens (tertiary/aromatic N) is 4. The Morgan fingerprint density at radius 2 is 1.96 bits per heavy atom. The molecule has 0 radical (unpaired) electrons. The minimum Gasteiger partial charge on any atom is -0.391 e. The molecule has 0 spiro atoms.